The van der Waals surface area contributed by atoms with E-state index in [4.69, 9.17) is 22.7 Å². The first-order valence-corrected chi connectivity index (χ1v) is 7.24. The molecule has 0 saturated carbocycles. The van der Waals surface area contributed by atoms with E-state index >= 15 is 0 Å². The third-order valence-electron chi connectivity index (χ3n) is 3.39. The van der Waals surface area contributed by atoms with Crippen LogP contribution in [0.4, 0.5) is 0 Å². The van der Waals surface area contributed by atoms with E-state index in [1.165, 1.54) is 0 Å². The van der Waals surface area contributed by atoms with Gasteiger partial charge in [-0.2, -0.15) is 0 Å². The van der Waals surface area contributed by atoms with Gasteiger partial charge in [-0.1, -0.05) is 32.0 Å². The summed E-state index contributed by atoms with van der Waals surface area (Å²) in [6.45, 7) is 5.21. The molecule has 0 spiro atoms. The van der Waals surface area contributed by atoms with Crippen LogP contribution in [-0.4, -0.2) is 41.1 Å². The number of likely N-dealkylation sites (tertiary alicyclic amines) is 1. The average Bonchev–Trinajstić information content (AvgIpc) is 2.36. The standard InChI is InChI=1S/C13H24N2O2S/c1-3-7-11(13(16)17-4-2)15-9-6-5-8-10(15)12(14)18/h10-11H,3-9H2,1-2H3,(H2,14,18). The molecule has 1 aliphatic heterocycles. The molecular formula is C13H24N2O2S. The fourth-order valence-electron chi connectivity index (χ4n) is 2.56. The summed E-state index contributed by atoms with van der Waals surface area (Å²) >= 11 is 5.13. The van der Waals surface area contributed by atoms with Gasteiger partial charge in [-0.3, -0.25) is 9.69 Å². The van der Waals surface area contributed by atoms with E-state index in [9.17, 15) is 4.79 Å². The van der Waals surface area contributed by atoms with E-state index in [1.807, 2.05) is 6.92 Å². The van der Waals surface area contributed by atoms with Crippen LogP contribution >= 0.6 is 12.2 Å². The normalized spacial score (nSPS) is 22.4. The highest BCUT2D eigenvalue weighted by Crippen LogP contribution is 2.23. The molecule has 1 fully saturated rings. The van der Waals surface area contributed by atoms with Gasteiger partial charge in [0.25, 0.3) is 0 Å². The number of hydrogen-bond acceptors (Lipinski definition) is 4. The monoisotopic (exact) mass is 272 g/mol. The predicted molar refractivity (Wildman–Crippen MR) is 76.5 cm³/mol. The topological polar surface area (TPSA) is 55.6 Å². The highest BCUT2D eigenvalue weighted by molar-refractivity contribution is 7.80. The Balaban J connectivity index is 2.80. The van der Waals surface area contributed by atoms with Crippen molar-refractivity contribution >= 4 is 23.2 Å². The van der Waals surface area contributed by atoms with Crippen molar-refractivity contribution < 1.29 is 9.53 Å². The molecular weight excluding hydrogens is 248 g/mol. The highest BCUT2D eigenvalue weighted by Gasteiger charge is 2.34. The van der Waals surface area contributed by atoms with Crippen LogP contribution < -0.4 is 5.73 Å². The zero-order chi connectivity index (χ0) is 13.5. The van der Waals surface area contributed by atoms with Crippen molar-refractivity contribution in [3.8, 4) is 0 Å². The summed E-state index contributed by atoms with van der Waals surface area (Å²) in [6, 6.07) is -0.142. The second-order valence-electron chi connectivity index (χ2n) is 4.71. The number of esters is 1. The van der Waals surface area contributed by atoms with Crippen LogP contribution in [0.1, 0.15) is 46.0 Å². The molecule has 1 heterocycles. The Morgan fingerprint density at radius 1 is 1.50 bits per heavy atom. The number of nitrogens with two attached hydrogens (primary N) is 1. The minimum absolute atomic E-state index is 0.0507. The molecule has 4 nitrogen and oxygen atoms in total. The van der Waals surface area contributed by atoms with Crippen LogP contribution in [0.5, 0.6) is 0 Å². The van der Waals surface area contributed by atoms with Crippen molar-refractivity contribution in [3.63, 3.8) is 0 Å². The van der Waals surface area contributed by atoms with Crippen molar-refractivity contribution in [1.82, 2.24) is 4.90 Å². The molecule has 0 aromatic rings. The van der Waals surface area contributed by atoms with Gasteiger partial charge >= 0.3 is 5.97 Å². The number of carbonyl (C=O) groups is 1. The molecule has 0 aliphatic carbocycles. The lowest BCUT2D eigenvalue weighted by Gasteiger charge is -2.39. The van der Waals surface area contributed by atoms with E-state index in [0.717, 1.165) is 38.6 Å². The minimum atomic E-state index is -0.193. The Morgan fingerprint density at radius 3 is 2.78 bits per heavy atom. The van der Waals surface area contributed by atoms with Crippen LogP contribution in [-0.2, 0) is 9.53 Å². The third-order valence-corrected chi connectivity index (χ3v) is 3.67. The third kappa shape index (κ3) is 3.92. The average molecular weight is 272 g/mol. The van der Waals surface area contributed by atoms with Crippen LogP contribution in [0.3, 0.4) is 0 Å². The highest BCUT2D eigenvalue weighted by atomic mass is 32.1. The van der Waals surface area contributed by atoms with Gasteiger partial charge in [-0.25, -0.2) is 0 Å². The molecule has 0 aromatic heterocycles. The number of hydrogen-bond donors (Lipinski definition) is 1. The van der Waals surface area contributed by atoms with E-state index in [2.05, 4.69) is 11.8 Å². The van der Waals surface area contributed by atoms with Gasteiger partial charge in [-0.15, -0.1) is 0 Å². The summed E-state index contributed by atoms with van der Waals surface area (Å²) in [6.07, 6.45) is 4.93. The summed E-state index contributed by atoms with van der Waals surface area (Å²) in [4.78, 5) is 14.7. The summed E-state index contributed by atoms with van der Waals surface area (Å²) in [5.74, 6) is -0.137. The quantitative estimate of drug-likeness (QED) is 0.591. The van der Waals surface area contributed by atoms with Crippen molar-refractivity contribution in [2.45, 2.75) is 58.0 Å². The second kappa shape index (κ2) is 7.69. The number of rotatable bonds is 6. The molecule has 5 heteroatoms. The molecule has 0 amide bonds. The molecule has 2 unspecified atom stereocenters. The Labute approximate surface area is 115 Å². The summed E-state index contributed by atoms with van der Waals surface area (Å²) in [5, 5.41) is 0. The van der Waals surface area contributed by atoms with Gasteiger partial charge in [0.1, 0.15) is 6.04 Å². The maximum absolute atomic E-state index is 12.1. The SMILES string of the molecule is CCCC(C(=O)OCC)N1CCCCC1C(N)=S. The van der Waals surface area contributed by atoms with Crippen LogP contribution in [0, 0.1) is 0 Å². The fourth-order valence-corrected chi connectivity index (χ4v) is 2.82. The van der Waals surface area contributed by atoms with Crippen molar-refractivity contribution in [3.05, 3.63) is 0 Å². The Hall–Kier alpha value is -0.680. The molecule has 2 atom stereocenters. The summed E-state index contributed by atoms with van der Waals surface area (Å²) in [5.41, 5.74) is 5.80. The van der Waals surface area contributed by atoms with Crippen LogP contribution in [0.15, 0.2) is 0 Å². The van der Waals surface area contributed by atoms with Gasteiger partial charge in [0.05, 0.1) is 17.6 Å². The lowest BCUT2D eigenvalue weighted by molar-refractivity contribution is -0.150. The largest absolute Gasteiger partial charge is 0.465 e. The molecule has 0 bridgehead atoms. The van der Waals surface area contributed by atoms with E-state index in [0.29, 0.717) is 11.6 Å². The summed E-state index contributed by atoms with van der Waals surface area (Å²) in [7, 11) is 0. The van der Waals surface area contributed by atoms with Crippen molar-refractivity contribution in [1.29, 1.82) is 0 Å². The fraction of sp³-hybridized carbons (Fsp3) is 0.846. The smallest absolute Gasteiger partial charge is 0.323 e. The maximum atomic E-state index is 12.1. The molecule has 1 aliphatic rings. The molecule has 18 heavy (non-hydrogen) atoms. The number of thiocarbonyl (C=S) groups is 1. The molecule has 2 N–H and O–H groups in total. The van der Waals surface area contributed by atoms with Crippen LogP contribution in [0.25, 0.3) is 0 Å². The van der Waals surface area contributed by atoms with Crippen molar-refractivity contribution in [2.75, 3.05) is 13.2 Å². The first-order chi connectivity index (χ1) is 8.61. The Morgan fingerprint density at radius 2 is 2.22 bits per heavy atom. The number of ether oxygens (including phenoxy) is 1. The first kappa shape index (κ1) is 15.4. The van der Waals surface area contributed by atoms with Gasteiger partial charge in [0.15, 0.2) is 0 Å². The van der Waals surface area contributed by atoms with E-state index < -0.39 is 0 Å². The number of nitrogens with zero attached hydrogens (tertiary/aromatic N) is 1. The van der Waals surface area contributed by atoms with Gasteiger partial charge in [0.2, 0.25) is 0 Å². The lowest BCUT2D eigenvalue weighted by Crippen LogP contribution is -2.54. The molecule has 104 valence electrons. The van der Waals surface area contributed by atoms with Gasteiger partial charge in [-0.05, 0) is 32.7 Å². The zero-order valence-electron chi connectivity index (χ0n) is 11.4. The molecule has 0 aromatic carbocycles. The predicted octanol–water partition coefficient (Wildman–Crippen LogP) is 1.86. The number of piperidine rings is 1. The molecule has 1 saturated heterocycles. The molecule has 1 rings (SSSR count). The first-order valence-electron chi connectivity index (χ1n) is 6.83. The zero-order valence-corrected chi connectivity index (χ0v) is 12.2. The van der Waals surface area contributed by atoms with E-state index in [1.54, 1.807) is 0 Å². The van der Waals surface area contributed by atoms with Crippen molar-refractivity contribution in [2.24, 2.45) is 5.73 Å². The Bertz CT molecular complexity index is 297. The summed E-state index contributed by atoms with van der Waals surface area (Å²) < 4.78 is 5.17. The lowest BCUT2D eigenvalue weighted by atomic mass is 9.98. The minimum Gasteiger partial charge on any atom is -0.465 e. The van der Waals surface area contributed by atoms with E-state index in [-0.39, 0.29) is 18.1 Å². The number of carbonyl (C=O) groups excluding carboxylic acids is 1. The second-order valence-corrected chi connectivity index (χ2v) is 5.18. The van der Waals surface area contributed by atoms with Gasteiger partial charge in [0, 0.05) is 0 Å². The van der Waals surface area contributed by atoms with Crippen LogP contribution in [0.2, 0.25) is 0 Å². The molecule has 0 radical (unpaired) electrons. The Kier molecular flexibility index (Phi) is 6.57. The van der Waals surface area contributed by atoms with Gasteiger partial charge < -0.3 is 10.5 Å². The maximum Gasteiger partial charge on any atom is 0.323 e.